The summed E-state index contributed by atoms with van der Waals surface area (Å²) in [5, 5.41) is 9.97. The average molecular weight is 240 g/mol. The third-order valence-corrected chi connectivity index (χ3v) is 7.75. The van der Waals surface area contributed by atoms with Gasteiger partial charge in [0.15, 0.2) is 8.32 Å². The standard InChI is InChI=1S/C13H24O2Si/c1-8-9-11(2)12(14)10-15-16(6,7)13(3,4)5/h1,9,12,14H,10H2,2-7H3/b11-9+/t12-/m1/s1. The second kappa shape index (κ2) is 5.67. The summed E-state index contributed by atoms with van der Waals surface area (Å²) in [5.41, 5.74) is 0.779. The molecule has 0 rings (SSSR count). The summed E-state index contributed by atoms with van der Waals surface area (Å²) in [6.45, 7) is 13.0. The van der Waals surface area contributed by atoms with Gasteiger partial charge in [-0.3, -0.25) is 0 Å². The summed E-state index contributed by atoms with van der Waals surface area (Å²) < 4.78 is 5.90. The molecule has 0 aliphatic heterocycles. The van der Waals surface area contributed by atoms with Crippen LogP contribution in [0.15, 0.2) is 11.6 Å². The first-order valence-electron chi connectivity index (χ1n) is 5.56. The lowest BCUT2D eigenvalue weighted by Gasteiger charge is -2.36. The van der Waals surface area contributed by atoms with Gasteiger partial charge in [0, 0.05) is 0 Å². The van der Waals surface area contributed by atoms with E-state index in [1.54, 1.807) is 6.08 Å². The number of hydrogen-bond acceptors (Lipinski definition) is 2. The molecule has 0 aromatic carbocycles. The van der Waals surface area contributed by atoms with Crippen molar-refractivity contribution in [1.29, 1.82) is 0 Å². The Labute approximate surface area is 101 Å². The van der Waals surface area contributed by atoms with E-state index in [9.17, 15) is 5.11 Å². The predicted octanol–water partition coefficient (Wildman–Crippen LogP) is 2.95. The smallest absolute Gasteiger partial charge is 0.192 e. The molecular formula is C13H24O2Si. The van der Waals surface area contributed by atoms with E-state index in [0.717, 1.165) is 5.57 Å². The van der Waals surface area contributed by atoms with Gasteiger partial charge >= 0.3 is 0 Å². The van der Waals surface area contributed by atoms with Crippen LogP contribution in [0.5, 0.6) is 0 Å². The lowest BCUT2D eigenvalue weighted by Crippen LogP contribution is -2.42. The number of aliphatic hydroxyl groups is 1. The molecule has 0 saturated heterocycles. The maximum absolute atomic E-state index is 9.81. The number of hydrogen-bond donors (Lipinski definition) is 1. The quantitative estimate of drug-likeness (QED) is 0.605. The Morgan fingerprint density at radius 1 is 1.50 bits per heavy atom. The maximum atomic E-state index is 9.81. The Kier molecular flexibility index (Phi) is 5.47. The molecule has 2 nitrogen and oxygen atoms in total. The first-order valence-corrected chi connectivity index (χ1v) is 8.47. The number of terminal acetylenes is 1. The van der Waals surface area contributed by atoms with Crippen molar-refractivity contribution in [1.82, 2.24) is 0 Å². The van der Waals surface area contributed by atoms with Crippen molar-refractivity contribution in [2.75, 3.05) is 6.61 Å². The van der Waals surface area contributed by atoms with E-state index in [2.05, 4.69) is 39.8 Å². The summed E-state index contributed by atoms with van der Waals surface area (Å²) in [5.74, 6) is 2.41. The van der Waals surface area contributed by atoms with Gasteiger partial charge in [0.05, 0.1) is 12.7 Å². The SMILES string of the molecule is C#C/C=C(\C)[C@H](O)CO[Si](C)(C)C(C)(C)C. The fourth-order valence-electron chi connectivity index (χ4n) is 0.863. The molecule has 3 heteroatoms. The predicted molar refractivity (Wildman–Crippen MR) is 71.7 cm³/mol. The molecular weight excluding hydrogens is 216 g/mol. The minimum atomic E-state index is -1.78. The number of aliphatic hydroxyl groups excluding tert-OH is 1. The fourth-order valence-corrected chi connectivity index (χ4v) is 1.87. The van der Waals surface area contributed by atoms with Gasteiger partial charge in [-0.25, -0.2) is 0 Å². The molecule has 0 saturated carbocycles. The number of rotatable bonds is 4. The molecule has 0 spiro atoms. The second-order valence-electron chi connectivity index (χ2n) is 5.64. The summed E-state index contributed by atoms with van der Waals surface area (Å²) in [4.78, 5) is 0. The van der Waals surface area contributed by atoms with E-state index in [1.807, 2.05) is 6.92 Å². The van der Waals surface area contributed by atoms with Gasteiger partial charge in [-0.2, -0.15) is 0 Å². The van der Waals surface area contributed by atoms with Crippen LogP contribution in [0, 0.1) is 12.3 Å². The molecule has 0 aliphatic rings. The van der Waals surface area contributed by atoms with Crippen LogP contribution in [-0.4, -0.2) is 26.1 Å². The Morgan fingerprint density at radius 3 is 2.38 bits per heavy atom. The molecule has 0 radical (unpaired) electrons. The molecule has 0 aromatic rings. The zero-order chi connectivity index (χ0) is 13.0. The Balaban J connectivity index is 4.38. The largest absolute Gasteiger partial charge is 0.414 e. The van der Waals surface area contributed by atoms with E-state index >= 15 is 0 Å². The summed E-state index contributed by atoms with van der Waals surface area (Å²) in [6.07, 6.45) is 6.14. The minimum Gasteiger partial charge on any atom is -0.414 e. The highest BCUT2D eigenvalue weighted by atomic mass is 28.4. The molecule has 0 bridgehead atoms. The van der Waals surface area contributed by atoms with Gasteiger partial charge in [-0.1, -0.05) is 26.7 Å². The highest BCUT2D eigenvalue weighted by Crippen LogP contribution is 2.36. The van der Waals surface area contributed by atoms with Crippen molar-refractivity contribution >= 4 is 8.32 Å². The third-order valence-electron chi connectivity index (χ3n) is 3.24. The molecule has 0 aliphatic carbocycles. The third kappa shape index (κ3) is 4.52. The summed E-state index contributed by atoms with van der Waals surface area (Å²) >= 11 is 0. The van der Waals surface area contributed by atoms with Crippen LogP contribution in [0.25, 0.3) is 0 Å². The van der Waals surface area contributed by atoms with Crippen molar-refractivity contribution in [2.45, 2.75) is 51.9 Å². The normalized spacial score (nSPS) is 15.8. The molecule has 0 aromatic heterocycles. The average Bonchev–Trinajstić information content (AvgIpc) is 2.12. The molecule has 0 fully saturated rings. The van der Waals surface area contributed by atoms with Gasteiger partial charge < -0.3 is 9.53 Å². The van der Waals surface area contributed by atoms with Gasteiger partial charge in [0.2, 0.25) is 0 Å². The van der Waals surface area contributed by atoms with Crippen molar-refractivity contribution in [3.63, 3.8) is 0 Å². The number of allylic oxidation sites excluding steroid dienone is 1. The van der Waals surface area contributed by atoms with E-state index in [4.69, 9.17) is 10.8 Å². The lowest BCUT2D eigenvalue weighted by molar-refractivity contribution is 0.127. The zero-order valence-corrected chi connectivity index (χ0v) is 12.3. The van der Waals surface area contributed by atoms with Crippen molar-refractivity contribution in [3.05, 3.63) is 11.6 Å². The van der Waals surface area contributed by atoms with Gasteiger partial charge in [-0.15, -0.1) is 6.42 Å². The Hall–Kier alpha value is -0.563. The monoisotopic (exact) mass is 240 g/mol. The molecule has 0 amide bonds. The van der Waals surface area contributed by atoms with Crippen LogP contribution in [-0.2, 0) is 4.43 Å². The first kappa shape index (κ1) is 15.4. The van der Waals surface area contributed by atoms with Crippen molar-refractivity contribution < 1.29 is 9.53 Å². The fraction of sp³-hybridized carbons (Fsp3) is 0.692. The highest BCUT2D eigenvalue weighted by Gasteiger charge is 2.37. The van der Waals surface area contributed by atoms with Gasteiger partial charge in [0.1, 0.15) is 0 Å². The summed E-state index contributed by atoms with van der Waals surface area (Å²) in [6, 6.07) is 0. The topological polar surface area (TPSA) is 29.5 Å². The van der Waals surface area contributed by atoms with E-state index < -0.39 is 14.4 Å². The van der Waals surface area contributed by atoms with Crippen molar-refractivity contribution in [2.24, 2.45) is 0 Å². The second-order valence-corrected chi connectivity index (χ2v) is 10.5. The van der Waals surface area contributed by atoms with Gasteiger partial charge in [-0.05, 0) is 36.7 Å². The summed E-state index contributed by atoms with van der Waals surface area (Å²) in [7, 11) is -1.78. The van der Waals surface area contributed by atoms with E-state index in [-0.39, 0.29) is 5.04 Å². The van der Waals surface area contributed by atoms with E-state index in [0.29, 0.717) is 6.61 Å². The van der Waals surface area contributed by atoms with Gasteiger partial charge in [0.25, 0.3) is 0 Å². The van der Waals surface area contributed by atoms with Crippen LogP contribution in [0.2, 0.25) is 18.1 Å². The highest BCUT2D eigenvalue weighted by molar-refractivity contribution is 6.74. The van der Waals surface area contributed by atoms with E-state index in [1.165, 1.54) is 0 Å². The zero-order valence-electron chi connectivity index (χ0n) is 11.3. The minimum absolute atomic E-state index is 0.163. The Bertz CT molecular complexity index is 292. The first-order chi connectivity index (χ1) is 7.12. The van der Waals surface area contributed by atoms with Crippen LogP contribution in [0.3, 0.4) is 0 Å². The maximum Gasteiger partial charge on any atom is 0.192 e. The van der Waals surface area contributed by atoms with Crippen LogP contribution in [0.1, 0.15) is 27.7 Å². The lowest BCUT2D eigenvalue weighted by atomic mass is 10.2. The molecule has 1 atom stereocenters. The molecule has 16 heavy (non-hydrogen) atoms. The molecule has 1 N–H and O–H groups in total. The van der Waals surface area contributed by atoms with Crippen LogP contribution < -0.4 is 0 Å². The molecule has 0 heterocycles. The molecule has 92 valence electrons. The Morgan fingerprint density at radius 2 is 2.00 bits per heavy atom. The van der Waals surface area contributed by atoms with Crippen LogP contribution >= 0.6 is 0 Å². The van der Waals surface area contributed by atoms with Crippen molar-refractivity contribution in [3.8, 4) is 12.3 Å². The molecule has 0 unspecified atom stereocenters. The van der Waals surface area contributed by atoms with Crippen LogP contribution in [0.4, 0.5) is 0 Å².